The number of hydrogen-bond acceptors (Lipinski definition) is 3. The molecule has 0 unspecified atom stereocenters. The van der Waals surface area contributed by atoms with Crippen LogP contribution in [0.15, 0.2) is 48.5 Å². The lowest BCUT2D eigenvalue weighted by Gasteiger charge is -2.11. The second kappa shape index (κ2) is 6.99. The monoisotopic (exact) mass is 329 g/mol. The number of nitrogens with one attached hydrogen (secondary N) is 1. The molecule has 0 saturated carbocycles. The molecule has 0 aromatic heterocycles. The third kappa shape index (κ3) is 5.50. The van der Waals surface area contributed by atoms with Gasteiger partial charge in [-0.05, 0) is 24.3 Å². The van der Waals surface area contributed by atoms with E-state index in [0.717, 1.165) is 12.1 Å². The summed E-state index contributed by atoms with van der Waals surface area (Å²) >= 11 is 0. The SMILES string of the molecule is O=C(COc1ccccc1F)Nc1cccc(OC(F)(F)F)c1. The first-order valence-electron chi connectivity index (χ1n) is 6.36. The lowest BCUT2D eigenvalue weighted by Crippen LogP contribution is -2.21. The number of amides is 1. The van der Waals surface area contributed by atoms with Crippen molar-refractivity contribution in [2.24, 2.45) is 0 Å². The Labute approximate surface area is 128 Å². The Hall–Kier alpha value is -2.77. The van der Waals surface area contributed by atoms with E-state index in [1.807, 2.05) is 0 Å². The van der Waals surface area contributed by atoms with Crippen molar-refractivity contribution in [2.75, 3.05) is 11.9 Å². The first-order valence-corrected chi connectivity index (χ1v) is 6.36. The zero-order chi connectivity index (χ0) is 16.9. The van der Waals surface area contributed by atoms with Crippen LogP contribution in [0.1, 0.15) is 0 Å². The molecular weight excluding hydrogens is 318 g/mol. The number of carbonyl (C=O) groups excluding carboxylic acids is 1. The zero-order valence-electron chi connectivity index (χ0n) is 11.6. The maximum atomic E-state index is 13.3. The molecule has 1 amide bonds. The number of benzene rings is 2. The summed E-state index contributed by atoms with van der Waals surface area (Å²) in [6, 6.07) is 10.3. The van der Waals surface area contributed by atoms with Gasteiger partial charge in [-0.25, -0.2) is 4.39 Å². The lowest BCUT2D eigenvalue weighted by atomic mass is 10.3. The van der Waals surface area contributed by atoms with Gasteiger partial charge < -0.3 is 14.8 Å². The van der Waals surface area contributed by atoms with Gasteiger partial charge in [-0.1, -0.05) is 18.2 Å². The van der Waals surface area contributed by atoms with Crippen LogP contribution in [-0.4, -0.2) is 18.9 Å². The number of halogens is 4. The highest BCUT2D eigenvalue weighted by Gasteiger charge is 2.31. The van der Waals surface area contributed by atoms with Gasteiger partial charge in [-0.15, -0.1) is 13.2 Å². The molecule has 0 fully saturated rings. The summed E-state index contributed by atoms with van der Waals surface area (Å²) in [7, 11) is 0. The minimum atomic E-state index is -4.82. The van der Waals surface area contributed by atoms with Crippen LogP contribution in [0.4, 0.5) is 23.2 Å². The van der Waals surface area contributed by atoms with Crippen LogP contribution in [0, 0.1) is 5.82 Å². The van der Waals surface area contributed by atoms with Crippen LogP contribution in [-0.2, 0) is 4.79 Å². The molecule has 0 atom stereocenters. The zero-order valence-corrected chi connectivity index (χ0v) is 11.6. The molecule has 0 aliphatic heterocycles. The third-order valence-corrected chi connectivity index (χ3v) is 2.55. The van der Waals surface area contributed by atoms with E-state index >= 15 is 0 Å². The molecule has 0 bridgehead atoms. The smallest absolute Gasteiger partial charge is 0.481 e. The van der Waals surface area contributed by atoms with Crippen molar-refractivity contribution in [1.82, 2.24) is 0 Å². The summed E-state index contributed by atoms with van der Waals surface area (Å²) in [6.07, 6.45) is -4.82. The molecule has 1 N–H and O–H groups in total. The average Bonchev–Trinajstić information content (AvgIpc) is 2.45. The van der Waals surface area contributed by atoms with Crippen molar-refractivity contribution >= 4 is 11.6 Å². The fourth-order valence-electron chi connectivity index (χ4n) is 1.67. The normalized spacial score (nSPS) is 11.0. The van der Waals surface area contributed by atoms with Crippen molar-refractivity contribution in [2.45, 2.75) is 6.36 Å². The van der Waals surface area contributed by atoms with Gasteiger partial charge in [-0.3, -0.25) is 4.79 Å². The van der Waals surface area contributed by atoms with E-state index in [0.29, 0.717) is 0 Å². The van der Waals surface area contributed by atoms with E-state index in [4.69, 9.17) is 4.74 Å². The number of carbonyl (C=O) groups is 1. The molecule has 122 valence electrons. The number of para-hydroxylation sites is 1. The second-order valence-corrected chi connectivity index (χ2v) is 4.34. The minimum absolute atomic E-state index is 0.0916. The second-order valence-electron chi connectivity index (χ2n) is 4.34. The Morgan fingerprint density at radius 1 is 1.09 bits per heavy atom. The largest absolute Gasteiger partial charge is 0.573 e. The highest BCUT2D eigenvalue weighted by molar-refractivity contribution is 5.92. The fourth-order valence-corrected chi connectivity index (χ4v) is 1.67. The van der Waals surface area contributed by atoms with Crippen LogP contribution in [0.2, 0.25) is 0 Å². The van der Waals surface area contributed by atoms with Crippen LogP contribution < -0.4 is 14.8 Å². The highest BCUT2D eigenvalue weighted by Crippen LogP contribution is 2.25. The quantitative estimate of drug-likeness (QED) is 0.850. The Bertz CT molecular complexity index is 688. The third-order valence-electron chi connectivity index (χ3n) is 2.55. The molecule has 23 heavy (non-hydrogen) atoms. The van der Waals surface area contributed by atoms with E-state index in [1.165, 1.54) is 36.4 Å². The first-order chi connectivity index (χ1) is 10.8. The Kier molecular flexibility index (Phi) is 5.05. The van der Waals surface area contributed by atoms with E-state index in [1.54, 1.807) is 0 Å². The first kappa shape index (κ1) is 16.6. The Morgan fingerprint density at radius 2 is 1.83 bits per heavy atom. The summed E-state index contributed by atoms with van der Waals surface area (Å²) < 4.78 is 58.4. The van der Waals surface area contributed by atoms with Crippen molar-refractivity contribution in [3.8, 4) is 11.5 Å². The average molecular weight is 329 g/mol. The predicted molar refractivity (Wildman–Crippen MR) is 73.6 cm³/mol. The number of alkyl halides is 3. The summed E-state index contributed by atoms with van der Waals surface area (Å²) in [5.41, 5.74) is 0.0916. The van der Waals surface area contributed by atoms with Crippen molar-refractivity contribution in [3.05, 3.63) is 54.3 Å². The molecule has 0 saturated heterocycles. The predicted octanol–water partition coefficient (Wildman–Crippen LogP) is 3.74. The van der Waals surface area contributed by atoms with Gasteiger partial charge in [0.25, 0.3) is 5.91 Å². The molecule has 2 aromatic rings. The van der Waals surface area contributed by atoms with Crippen LogP contribution >= 0.6 is 0 Å². The number of hydrogen-bond donors (Lipinski definition) is 1. The molecule has 2 rings (SSSR count). The number of rotatable bonds is 5. The molecule has 4 nitrogen and oxygen atoms in total. The van der Waals surface area contributed by atoms with Crippen molar-refractivity contribution in [3.63, 3.8) is 0 Å². The van der Waals surface area contributed by atoms with Crippen LogP contribution in [0.5, 0.6) is 11.5 Å². The van der Waals surface area contributed by atoms with Crippen molar-refractivity contribution < 1.29 is 31.8 Å². The summed E-state index contributed by atoms with van der Waals surface area (Å²) in [6.45, 7) is -0.495. The molecule has 0 radical (unpaired) electrons. The van der Waals surface area contributed by atoms with Gasteiger partial charge in [0.15, 0.2) is 18.2 Å². The molecule has 0 spiro atoms. The van der Waals surface area contributed by atoms with E-state index in [2.05, 4.69) is 10.1 Å². The molecule has 0 aliphatic carbocycles. The standard InChI is InChI=1S/C15H11F4NO3/c16-12-6-1-2-7-13(12)22-9-14(21)20-10-4-3-5-11(8-10)23-15(17,18)19/h1-8H,9H2,(H,20,21). The number of anilines is 1. The van der Waals surface area contributed by atoms with Crippen molar-refractivity contribution in [1.29, 1.82) is 0 Å². The molecule has 2 aromatic carbocycles. The van der Waals surface area contributed by atoms with Gasteiger partial charge in [0.05, 0.1) is 0 Å². The topological polar surface area (TPSA) is 47.6 Å². The maximum absolute atomic E-state index is 13.3. The Balaban J connectivity index is 1.93. The van der Waals surface area contributed by atoms with E-state index in [-0.39, 0.29) is 11.4 Å². The molecule has 0 aliphatic rings. The van der Waals surface area contributed by atoms with Gasteiger partial charge in [0, 0.05) is 11.8 Å². The van der Waals surface area contributed by atoms with E-state index < -0.39 is 30.4 Å². The molecular formula is C15H11F4NO3. The highest BCUT2D eigenvalue weighted by atomic mass is 19.4. The maximum Gasteiger partial charge on any atom is 0.573 e. The molecule has 8 heteroatoms. The van der Waals surface area contributed by atoms with Gasteiger partial charge >= 0.3 is 6.36 Å². The summed E-state index contributed by atoms with van der Waals surface area (Å²) in [5, 5.41) is 2.32. The number of ether oxygens (including phenoxy) is 2. The van der Waals surface area contributed by atoms with Crippen LogP contribution in [0.25, 0.3) is 0 Å². The fraction of sp³-hybridized carbons (Fsp3) is 0.133. The molecule has 0 heterocycles. The minimum Gasteiger partial charge on any atom is -0.481 e. The lowest BCUT2D eigenvalue weighted by molar-refractivity contribution is -0.274. The summed E-state index contributed by atoms with van der Waals surface area (Å²) in [5.74, 6) is -1.85. The van der Waals surface area contributed by atoms with Gasteiger partial charge in [-0.2, -0.15) is 0 Å². The Morgan fingerprint density at radius 3 is 2.52 bits per heavy atom. The van der Waals surface area contributed by atoms with E-state index in [9.17, 15) is 22.4 Å². The van der Waals surface area contributed by atoms with Gasteiger partial charge in [0.1, 0.15) is 5.75 Å². The van der Waals surface area contributed by atoms with Crippen LogP contribution in [0.3, 0.4) is 0 Å². The van der Waals surface area contributed by atoms with Gasteiger partial charge in [0.2, 0.25) is 0 Å². The summed E-state index contributed by atoms with van der Waals surface area (Å²) in [4.78, 5) is 11.7.